The van der Waals surface area contributed by atoms with E-state index >= 15 is 0 Å². The van der Waals surface area contributed by atoms with Gasteiger partial charge < -0.3 is 9.47 Å². The van der Waals surface area contributed by atoms with Crippen molar-refractivity contribution in [3.8, 4) is 5.75 Å². The van der Waals surface area contributed by atoms with E-state index in [0.717, 1.165) is 21.2 Å². The van der Waals surface area contributed by atoms with Crippen LogP contribution in [0, 0.1) is 0 Å². The van der Waals surface area contributed by atoms with Gasteiger partial charge in [-0.1, -0.05) is 112 Å². The molecule has 6 nitrogen and oxygen atoms in total. The van der Waals surface area contributed by atoms with Gasteiger partial charge in [0.1, 0.15) is 12.4 Å². The van der Waals surface area contributed by atoms with Crippen molar-refractivity contribution in [1.29, 1.82) is 0 Å². The molecular formula is C35H26BrClN2O4S. The van der Waals surface area contributed by atoms with Crippen LogP contribution in [0.3, 0.4) is 0 Å². The Bertz CT molecular complexity index is 2040. The van der Waals surface area contributed by atoms with Crippen molar-refractivity contribution in [2.75, 3.05) is 6.61 Å². The van der Waals surface area contributed by atoms with E-state index in [1.165, 1.54) is 11.3 Å². The monoisotopic (exact) mass is 684 g/mol. The molecule has 0 saturated heterocycles. The number of hydrogen-bond donors (Lipinski definition) is 0. The molecule has 5 aromatic rings. The second kappa shape index (κ2) is 13.2. The number of carbonyl (C=O) groups excluding carboxylic acids is 1. The molecule has 220 valence electrons. The average molecular weight is 686 g/mol. The van der Waals surface area contributed by atoms with Gasteiger partial charge in [-0.3, -0.25) is 9.36 Å². The lowest BCUT2D eigenvalue weighted by molar-refractivity contribution is -0.138. The second-order valence-corrected chi connectivity index (χ2v) is 12.3. The van der Waals surface area contributed by atoms with Gasteiger partial charge in [0, 0.05) is 20.6 Å². The van der Waals surface area contributed by atoms with Gasteiger partial charge in [0.25, 0.3) is 5.56 Å². The van der Waals surface area contributed by atoms with E-state index in [0.29, 0.717) is 38.0 Å². The molecule has 1 aliphatic heterocycles. The first-order valence-electron chi connectivity index (χ1n) is 13.9. The van der Waals surface area contributed by atoms with Gasteiger partial charge in [-0.05, 0) is 54.5 Å². The summed E-state index contributed by atoms with van der Waals surface area (Å²) in [4.78, 5) is 33.2. The largest absolute Gasteiger partial charge is 0.488 e. The number of halogens is 2. The van der Waals surface area contributed by atoms with E-state index in [-0.39, 0.29) is 17.7 Å². The van der Waals surface area contributed by atoms with Crippen LogP contribution in [-0.2, 0) is 16.1 Å². The van der Waals surface area contributed by atoms with Crippen LogP contribution in [0.2, 0.25) is 5.02 Å². The van der Waals surface area contributed by atoms with Crippen LogP contribution >= 0.6 is 38.9 Å². The quantitative estimate of drug-likeness (QED) is 0.166. The number of benzene rings is 4. The van der Waals surface area contributed by atoms with Crippen LogP contribution in [0.25, 0.3) is 11.8 Å². The highest BCUT2D eigenvalue weighted by atomic mass is 79.9. The topological polar surface area (TPSA) is 69.9 Å². The maximum Gasteiger partial charge on any atom is 0.338 e. The molecule has 0 unspecified atom stereocenters. The second-order valence-electron chi connectivity index (χ2n) is 9.94. The highest BCUT2D eigenvalue weighted by Gasteiger charge is 2.35. The molecule has 2 heterocycles. The van der Waals surface area contributed by atoms with Crippen molar-refractivity contribution in [3.05, 3.63) is 160 Å². The zero-order chi connectivity index (χ0) is 30.6. The minimum absolute atomic E-state index is 0.180. The van der Waals surface area contributed by atoms with Gasteiger partial charge >= 0.3 is 5.97 Å². The van der Waals surface area contributed by atoms with Crippen LogP contribution in [-0.4, -0.2) is 17.1 Å². The summed E-state index contributed by atoms with van der Waals surface area (Å²) >= 11 is 11.0. The minimum atomic E-state index is -0.774. The molecular weight excluding hydrogens is 660 g/mol. The van der Waals surface area contributed by atoms with E-state index < -0.39 is 12.0 Å². The van der Waals surface area contributed by atoms with E-state index in [2.05, 4.69) is 15.9 Å². The Balaban J connectivity index is 1.51. The molecule has 0 N–H and O–H groups in total. The highest BCUT2D eigenvalue weighted by molar-refractivity contribution is 9.10. The van der Waals surface area contributed by atoms with Gasteiger partial charge in [0.2, 0.25) is 0 Å². The van der Waals surface area contributed by atoms with Crippen molar-refractivity contribution >= 4 is 56.6 Å². The molecule has 1 aliphatic rings. The first kappa shape index (κ1) is 29.8. The molecule has 0 aliphatic carbocycles. The Kier molecular flexibility index (Phi) is 8.93. The number of aromatic nitrogens is 1. The van der Waals surface area contributed by atoms with Crippen LogP contribution < -0.4 is 19.6 Å². The number of fused-ring (bicyclic) bond motifs is 1. The number of rotatable bonds is 8. The first-order chi connectivity index (χ1) is 21.4. The number of hydrogen-bond acceptors (Lipinski definition) is 6. The van der Waals surface area contributed by atoms with Gasteiger partial charge in [-0.25, -0.2) is 9.79 Å². The van der Waals surface area contributed by atoms with Gasteiger partial charge in [0.05, 0.1) is 28.5 Å². The molecule has 4 aromatic carbocycles. The standard InChI is InChI=1S/C35H26BrClN2O4S/c1-2-42-34(41)30-31(23-8-4-3-5-9-23)38-35-39(32(30)24-14-18-27(37)19-15-24)33(40)29(44-35)20-25-10-6-7-11-28(25)43-21-22-12-16-26(36)17-13-22/h3-20,32H,2,21H2,1H3/b29-20-/t32-/m0/s1. The summed E-state index contributed by atoms with van der Waals surface area (Å²) in [7, 11) is 0. The molecule has 1 atom stereocenters. The lowest BCUT2D eigenvalue weighted by Crippen LogP contribution is -2.40. The number of nitrogens with zero attached hydrogens (tertiary/aromatic N) is 2. The van der Waals surface area contributed by atoms with E-state index in [1.54, 1.807) is 23.6 Å². The third-order valence-corrected chi connectivity index (χ3v) is 8.84. The molecule has 0 spiro atoms. The van der Waals surface area contributed by atoms with E-state index in [9.17, 15) is 9.59 Å². The molecule has 0 fully saturated rings. The Morgan fingerprint density at radius 2 is 1.68 bits per heavy atom. The van der Waals surface area contributed by atoms with Crippen molar-refractivity contribution in [1.82, 2.24) is 4.57 Å². The Hall–Kier alpha value is -4.24. The van der Waals surface area contributed by atoms with Crippen molar-refractivity contribution < 1.29 is 14.3 Å². The highest BCUT2D eigenvalue weighted by Crippen LogP contribution is 2.35. The maximum absolute atomic E-state index is 14.2. The van der Waals surface area contributed by atoms with Gasteiger partial charge in [-0.2, -0.15) is 0 Å². The molecule has 0 bridgehead atoms. The van der Waals surface area contributed by atoms with Gasteiger partial charge in [-0.15, -0.1) is 0 Å². The lowest BCUT2D eigenvalue weighted by Gasteiger charge is -2.25. The van der Waals surface area contributed by atoms with Crippen molar-refractivity contribution in [2.45, 2.75) is 19.6 Å². The van der Waals surface area contributed by atoms with Crippen molar-refractivity contribution in [2.24, 2.45) is 4.99 Å². The summed E-state index contributed by atoms with van der Waals surface area (Å²) in [5.74, 6) is 0.115. The summed E-state index contributed by atoms with van der Waals surface area (Å²) in [5.41, 5.74) is 3.72. The van der Waals surface area contributed by atoms with Crippen LogP contribution in [0.4, 0.5) is 0 Å². The number of ether oxygens (including phenoxy) is 2. The lowest BCUT2D eigenvalue weighted by atomic mass is 9.93. The third kappa shape index (κ3) is 6.19. The minimum Gasteiger partial charge on any atom is -0.488 e. The van der Waals surface area contributed by atoms with E-state index in [4.69, 9.17) is 26.1 Å². The zero-order valence-corrected chi connectivity index (χ0v) is 26.7. The summed E-state index contributed by atoms with van der Waals surface area (Å²) in [6.07, 6.45) is 1.82. The fourth-order valence-corrected chi connectivity index (χ4v) is 6.40. The predicted octanol–water partition coefficient (Wildman–Crippen LogP) is 6.93. The number of carbonyl (C=O) groups is 1. The Morgan fingerprint density at radius 1 is 0.977 bits per heavy atom. The number of esters is 1. The maximum atomic E-state index is 14.2. The molecule has 44 heavy (non-hydrogen) atoms. The average Bonchev–Trinajstić information content (AvgIpc) is 3.35. The third-order valence-electron chi connectivity index (χ3n) is 7.07. The molecule has 0 radical (unpaired) electrons. The Labute approximate surface area is 271 Å². The molecule has 0 amide bonds. The summed E-state index contributed by atoms with van der Waals surface area (Å²) in [5, 5.41) is 0.547. The summed E-state index contributed by atoms with van der Waals surface area (Å²) in [6, 6.07) is 31.3. The Morgan fingerprint density at radius 3 is 2.41 bits per heavy atom. The van der Waals surface area contributed by atoms with Crippen LogP contribution in [0.1, 0.15) is 35.2 Å². The fourth-order valence-electron chi connectivity index (χ4n) is 5.02. The number of para-hydroxylation sites is 1. The zero-order valence-electron chi connectivity index (χ0n) is 23.6. The SMILES string of the molecule is CCOC(=O)C1=C(c2ccccc2)N=c2s/c(=C\c3ccccc3OCc3ccc(Br)cc3)c(=O)n2[C@H]1c1ccc(Cl)cc1. The molecule has 6 rings (SSSR count). The molecule has 9 heteroatoms. The smallest absolute Gasteiger partial charge is 0.338 e. The number of thiazole rings is 1. The van der Waals surface area contributed by atoms with E-state index in [1.807, 2.05) is 97.1 Å². The summed E-state index contributed by atoms with van der Waals surface area (Å²) < 4.78 is 14.7. The fraction of sp³-hybridized carbons (Fsp3) is 0.114. The summed E-state index contributed by atoms with van der Waals surface area (Å²) in [6.45, 7) is 2.31. The predicted molar refractivity (Wildman–Crippen MR) is 177 cm³/mol. The molecule has 0 saturated carbocycles. The van der Waals surface area contributed by atoms with Crippen LogP contribution in [0.5, 0.6) is 5.75 Å². The first-order valence-corrected chi connectivity index (χ1v) is 15.9. The van der Waals surface area contributed by atoms with Crippen molar-refractivity contribution in [3.63, 3.8) is 0 Å². The van der Waals surface area contributed by atoms with Gasteiger partial charge in [0.15, 0.2) is 4.80 Å². The van der Waals surface area contributed by atoms with Crippen LogP contribution in [0.15, 0.2) is 123 Å². The normalized spacial score (nSPS) is 14.6. The molecule has 1 aromatic heterocycles.